The maximum absolute atomic E-state index is 13.7. The summed E-state index contributed by atoms with van der Waals surface area (Å²) >= 11 is 3.23. The Balaban J connectivity index is 1.72. The summed E-state index contributed by atoms with van der Waals surface area (Å²) in [7, 11) is 0. The van der Waals surface area contributed by atoms with Gasteiger partial charge in [0, 0.05) is 21.9 Å². The van der Waals surface area contributed by atoms with Crippen molar-refractivity contribution in [1.29, 1.82) is 0 Å². The molecule has 0 fully saturated rings. The lowest BCUT2D eigenvalue weighted by Gasteiger charge is -2.20. The SMILES string of the molecule is CCOc1ccc2nc(N(Cc3ccccn3)C(=O)c3cccc(SC(C)C)c3)sc2c1. The zero-order valence-electron chi connectivity index (χ0n) is 18.3. The third kappa shape index (κ3) is 5.29. The predicted octanol–water partition coefficient (Wildman–Crippen LogP) is 6.44. The first-order chi connectivity index (χ1) is 15.5. The highest BCUT2D eigenvalue weighted by Crippen LogP contribution is 2.33. The van der Waals surface area contributed by atoms with Crippen LogP contribution < -0.4 is 9.64 Å². The van der Waals surface area contributed by atoms with Gasteiger partial charge >= 0.3 is 0 Å². The molecule has 2 heterocycles. The van der Waals surface area contributed by atoms with Gasteiger partial charge < -0.3 is 4.74 Å². The molecule has 32 heavy (non-hydrogen) atoms. The van der Waals surface area contributed by atoms with E-state index < -0.39 is 0 Å². The number of ether oxygens (including phenoxy) is 1. The van der Waals surface area contributed by atoms with Crippen LogP contribution in [0.5, 0.6) is 5.75 Å². The number of carbonyl (C=O) groups is 1. The van der Waals surface area contributed by atoms with Gasteiger partial charge in [0.25, 0.3) is 5.91 Å². The number of benzene rings is 2. The van der Waals surface area contributed by atoms with Gasteiger partial charge in [-0.25, -0.2) is 4.98 Å². The van der Waals surface area contributed by atoms with E-state index in [1.54, 1.807) is 22.9 Å². The van der Waals surface area contributed by atoms with Crippen molar-refractivity contribution in [2.24, 2.45) is 0 Å². The van der Waals surface area contributed by atoms with Crippen molar-refractivity contribution in [3.63, 3.8) is 0 Å². The van der Waals surface area contributed by atoms with Crippen molar-refractivity contribution >= 4 is 44.4 Å². The number of hydrogen-bond acceptors (Lipinski definition) is 6. The normalized spacial score (nSPS) is 11.1. The summed E-state index contributed by atoms with van der Waals surface area (Å²) in [5, 5.41) is 1.08. The fourth-order valence-corrected chi connectivity index (χ4v) is 5.16. The molecule has 2 aromatic carbocycles. The van der Waals surface area contributed by atoms with Crippen LogP contribution in [0.1, 0.15) is 36.8 Å². The lowest BCUT2D eigenvalue weighted by Crippen LogP contribution is -2.30. The standard InChI is InChI=1S/C25H25N3O2S2/c1-4-30-20-11-12-22-23(15-20)32-25(27-22)28(16-19-9-5-6-13-26-19)24(29)18-8-7-10-21(14-18)31-17(2)3/h5-15,17H,4,16H2,1-3H3. The van der Waals surface area contributed by atoms with Crippen LogP contribution in [0.2, 0.25) is 0 Å². The number of pyridine rings is 1. The number of fused-ring (bicyclic) bond motifs is 1. The molecule has 0 spiro atoms. The molecule has 5 nitrogen and oxygen atoms in total. The molecule has 4 aromatic rings. The highest BCUT2D eigenvalue weighted by Gasteiger charge is 2.23. The molecule has 0 radical (unpaired) electrons. The van der Waals surface area contributed by atoms with Gasteiger partial charge in [0.2, 0.25) is 0 Å². The van der Waals surface area contributed by atoms with E-state index in [0.717, 1.165) is 26.6 Å². The van der Waals surface area contributed by atoms with Crippen molar-refractivity contribution in [3.8, 4) is 5.75 Å². The molecule has 0 atom stereocenters. The summed E-state index contributed by atoms with van der Waals surface area (Å²) in [6.07, 6.45) is 1.74. The fraction of sp³-hybridized carbons (Fsp3) is 0.240. The van der Waals surface area contributed by atoms with Gasteiger partial charge in [-0.3, -0.25) is 14.7 Å². The van der Waals surface area contributed by atoms with E-state index >= 15 is 0 Å². The third-order valence-corrected chi connectivity index (χ3v) is 6.67. The number of thioether (sulfide) groups is 1. The van der Waals surface area contributed by atoms with Crippen molar-refractivity contribution in [3.05, 3.63) is 78.1 Å². The van der Waals surface area contributed by atoms with Gasteiger partial charge in [-0.1, -0.05) is 37.3 Å². The van der Waals surface area contributed by atoms with E-state index in [2.05, 4.69) is 18.8 Å². The smallest absolute Gasteiger partial charge is 0.260 e. The molecule has 1 amide bonds. The van der Waals surface area contributed by atoms with Gasteiger partial charge in [-0.05, 0) is 55.5 Å². The summed E-state index contributed by atoms with van der Waals surface area (Å²) in [4.78, 5) is 25.6. The number of carbonyl (C=O) groups excluding carboxylic acids is 1. The molecule has 0 aliphatic heterocycles. The van der Waals surface area contributed by atoms with Crippen LogP contribution in [0, 0.1) is 0 Å². The quantitative estimate of drug-likeness (QED) is 0.282. The summed E-state index contributed by atoms with van der Waals surface area (Å²) in [6.45, 7) is 7.20. The van der Waals surface area contributed by atoms with E-state index in [-0.39, 0.29) is 5.91 Å². The Morgan fingerprint density at radius 3 is 2.75 bits per heavy atom. The number of aromatic nitrogens is 2. The Morgan fingerprint density at radius 2 is 2.00 bits per heavy atom. The number of anilines is 1. The summed E-state index contributed by atoms with van der Waals surface area (Å²) in [5.41, 5.74) is 2.29. The first-order valence-corrected chi connectivity index (χ1v) is 12.2. The molecule has 0 saturated carbocycles. The largest absolute Gasteiger partial charge is 0.494 e. The van der Waals surface area contributed by atoms with Crippen LogP contribution in [0.15, 0.2) is 71.8 Å². The first-order valence-electron chi connectivity index (χ1n) is 10.6. The average Bonchev–Trinajstić information content (AvgIpc) is 3.21. The number of nitrogens with zero attached hydrogens (tertiary/aromatic N) is 3. The second-order valence-corrected chi connectivity index (χ2v) is 10.1. The van der Waals surface area contributed by atoms with Gasteiger partial charge in [0.05, 0.1) is 29.1 Å². The Bertz CT molecular complexity index is 1210. The monoisotopic (exact) mass is 463 g/mol. The highest BCUT2D eigenvalue weighted by atomic mass is 32.2. The third-order valence-electron chi connectivity index (χ3n) is 4.63. The molecule has 2 aromatic heterocycles. The fourth-order valence-electron chi connectivity index (χ4n) is 3.28. The maximum atomic E-state index is 13.7. The van der Waals surface area contributed by atoms with Crippen molar-refractivity contribution < 1.29 is 9.53 Å². The maximum Gasteiger partial charge on any atom is 0.260 e. The molecule has 7 heteroatoms. The molecule has 0 aliphatic carbocycles. The lowest BCUT2D eigenvalue weighted by atomic mass is 10.2. The minimum Gasteiger partial charge on any atom is -0.494 e. The number of amides is 1. The van der Waals surface area contributed by atoms with Crippen LogP contribution >= 0.6 is 23.1 Å². The Labute approximate surface area is 196 Å². The van der Waals surface area contributed by atoms with Gasteiger partial charge in [-0.2, -0.15) is 0 Å². The summed E-state index contributed by atoms with van der Waals surface area (Å²) < 4.78 is 6.61. The molecule has 0 N–H and O–H groups in total. The minimum atomic E-state index is -0.0917. The van der Waals surface area contributed by atoms with Crippen LogP contribution in [-0.4, -0.2) is 27.7 Å². The number of rotatable bonds is 8. The van der Waals surface area contributed by atoms with E-state index in [9.17, 15) is 4.79 Å². The molecule has 0 unspecified atom stereocenters. The van der Waals surface area contributed by atoms with E-state index in [4.69, 9.17) is 9.72 Å². The zero-order chi connectivity index (χ0) is 22.5. The van der Waals surface area contributed by atoms with Gasteiger partial charge in [0.15, 0.2) is 5.13 Å². The van der Waals surface area contributed by atoms with Crippen LogP contribution in [-0.2, 0) is 6.54 Å². The van der Waals surface area contributed by atoms with Crippen molar-refractivity contribution in [2.75, 3.05) is 11.5 Å². The van der Waals surface area contributed by atoms with Crippen molar-refractivity contribution in [1.82, 2.24) is 9.97 Å². The van der Waals surface area contributed by atoms with Crippen LogP contribution in [0.3, 0.4) is 0 Å². The van der Waals surface area contributed by atoms with Gasteiger partial charge in [0.1, 0.15) is 5.75 Å². The minimum absolute atomic E-state index is 0.0917. The van der Waals surface area contributed by atoms with Gasteiger partial charge in [-0.15, -0.1) is 11.8 Å². The van der Waals surface area contributed by atoms with E-state index in [0.29, 0.717) is 29.1 Å². The second-order valence-electron chi connectivity index (χ2n) is 7.47. The first kappa shape index (κ1) is 22.3. The predicted molar refractivity (Wildman–Crippen MR) is 133 cm³/mol. The Morgan fingerprint density at radius 1 is 1.12 bits per heavy atom. The molecule has 0 saturated heterocycles. The molecular formula is C25H25N3O2S2. The molecule has 4 rings (SSSR count). The molecule has 0 aliphatic rings. The lowest BCUT2D eigenvalue weighted by molar-refractivity contribution is 0.0984. The summed E-state index contributed by atoms with van der Waals surface area (Å²) in [5.74, 6) is 0.710. The number of hydrogen-bond donors (Lipinski definition) is 0. The second kappa shape index (κ2) is 10.1. The average molecular weight is 464 g/mol. The van der Waals surface area contributed by atoms with E-state index in [1.807, 2.05) is 67.6 Å². The van der Waals surface area contributed by atoms with E-state index in [1.165, 1.54) is 11.3 Å². The topological polar surface area (TPSA) is 55.3 Å². The Hall–Kier alpha value is -2.90. The highest BCUT2D eigenvalue weighted by molar-refractivity contribution is 7.99. The zero-order valence-corrected chi connectivity index (χ0v) is 20.0. The van der Waals surface area contributed by atoms with Crippen LogP contribution in [0.25, 0.3) is 10.2 Å². The molecule has 0 bridgehead atoms. The molecule has 164 valence electrons. The Kier molecular flexibility index (Phi) is 7.07. The number of thiazole rings is 1. The van der Waals surface area contributed by atoms with Crippen molar-refractivity contribution in [2.45, 2.75) is 37.5 Å². The van der Waals surface area contributed by atoms with Crippen LogP contribution in [0.4, 0.5) is 5.13 Å². The molecular weight excluding hydrogens is 438 g/mol. The summed E-state index contributed by atoms with van der Waals surface area (Å²) in [6, 6.07) is 19.3.